The minimum atomic E-state index is 0.522. The van der Waals surface area contributed by atoms with Crippen LogP contribution in [0.2, 0.25) is 0 Å². The molecule has 2 heteroatoms. The van der Waals surface area contributed by atoms with Gasteiger partial charge in [-0.25, -0.2) is 0 Å². The smallest absolute Gasteiger partial charge is 0.0986 e. The van der Waals surface area contributed by atoms with E-state index in [9.17, 15) is 0 Å². The second kappa shape index (κ2) is 3.92. The fraction of sp³-hybridized carbons (Fsp3) is 0.900. The number of nitrogens with one attached hydrogen (secondary N) is 1. The quantitative estimate of drug-likeness (QED) is 0.472. The molecule has 1 N–H and O–H groups in total. The highest BCUT2D eigenvalue weighted by Gasteiger charge is 2.25. The highest BCUT2D eigenvalue weighted by molar-refractivity contribution is 5.81. The molecule has 1 aliphatic rings. The number of hydrogen-bond acceptors (Lipinski definition) is 1. The Bertz CT molecular complexity index is 163. The van der Waals surface area contributed by atoms with Crippen LogP contribution in [0.3, 0.4) is 0 Å². The molecule has 0 amide bonds. The largest absolute Gasteiger partial charge is 0.366 e. The Kier molecular flexibility index (Phi) is 3.12. The van der Waals surface area contributed by atoms with Crippen molar-refractivity contribution in [2.24, 2.45) is 11.8 Å². The molecule has 1 rings (SSSR count). The van der Waals surface area contributed by atoms with Crippen molar-refractivity contribution in [2.45, 2.75) is 32.6 Å². The van der Waals surface area contributed by atoms with E-state index >= 15 is 0 Å². The maximum absolute atomic E-state index is 7.89. The lowest BCUT2D eigenvalue weighted by atomic mass is 9.79. The van der Waals surface area contributed by atoms with E-state index in [1.165, 1.54) is 25.7 Å². The molecule has 0 spiro atoms. The monoisotopic (exact) mass is 168 g/mol. The van der Waals surface area contributed by atoms with Crippen LogP contribution < -0.4 is 0 Å². The van der Waals surface area contributed by atoms with Crippen LogP contribution in [0.15, 0.2) is 0 Å². The minimum absolute atomic E-state index is 0.522. The number of nitrogens with zero attached hydrogens (tertiary/aromatic N) is 1. The molecule has 0 aromatic rings. The van der Waals surface area contributed by atoms with E-state index in [2.05, 4.69) is 6.92 Å². The second-order valence-corrected chi connectivity index (χ2v) is 4.15. The Morgan fingerprint density at radius 2 is 1.83 bits per heavy atom. The summed E-state index contributed by atoms with van der Waals surface area (Å²) in [6, 6.07) is 0. The summed E-state index contributed by atoms with van der Waals surface area (Å²) in [7, 11) is 3.95. The molecule has 70 valence electrons. The first-order valence-corrected chi connectivity index (χ1v) is 4.88. The molecule has 0 bridgehead atoms. The van der Waals surface area contributed by atoms with Crippen LogP contribution in [0, 0.1) is 17.2 Å². The molecule has 1 fully saturated rings. The summed E-state index contributed by atoms with van der Waals surface area (Å²) in [4.78, 5) is 1.95. The van der Waals surface area contributed by atoms with Crippen molar-refractivity contribution in [3.8, 4) is 0 Å². The number of rotatable bonds is 1. The summed E-state index contributed by atoms with van der Waals surface area (Å²) >= 11 is 0. The Morgan fingerprint density at radius 3 is 2.33 bits per heavy atom. The van der Waals surface area contributed by atoms with Gasteiger partial charge in [0.25, 0.3) is 0 Å². The van der Waals surface area contributed by atoms with E-state index < -0.39 is 0 Å². The molecule has 12 heavy (non-hydrogen) atoms. The van der Waals surface area contributed by atoms with Crippen LogP contribution in [0.25, 0.3) is 0 Å². The first kappa shape index (κ1) is 9.56. The van der Waals surface area contributed by atoms with Crippen molar-refractivity contribution in [1.82, 2.24) is 4.90 Å². The van der Waals surface area contributed by atoms with Gasteiger partial charge in [0.05, 0.1) is 5.84 Å². The summed E-state index contributed by atoms with van der Waals surface area (Å²) in [5.41, 5.74) is 0. The fourth-order valence-corrected chi connectivity index (χ4v) is 2.05. The third-order valence-corrected chi connectivity index (χ3v) is 2.94. The summed E-state index contributed by atoms with van der Waals surface area (Å²) in [5, 5.41) is 7.89. The molecule has 0 aromatic heterocycles. The van der Waals surface area contributed by atoms with Crippen molar-refractivity contribution in [3.05, 3.63) is 0 Å². The molecule has 0 aromatic carbocycles. The van der Waals surface area contributed by atoms with Gasteiger partial charge in [-0.2, -0.15) is 0 Å². The fourth-order valence-electron chi connectivity index (χ4n) is 2.05. The van der Waals surface area contributed by atoms with Gasteiger partial charge in [0.15, 0.2) is 0 Å². The zero-order valence-electron chi connectivity index (χ0n) is 8.43. The maximum Gasteiger partial charge on any atom is 0.0986 e. The normalized spacial score (nSPS) is 29.9. The van der Waals surface area contributed by atoms with Gasteiger partial charge in [0.1, 0.15) is 0 Å². The van der Waals surface area contributed by atoms with Crippen LogP contribution in [0.4, 0.5) is 0 Å². The Balaban J connectivity index is 2.53. The van der Waals surface area contributed by atoms with E-state index in [1.807, 2.05) is 19.0 Å². The lowest BCUT2D eigenvalue weighted by molar-refractivity contribution is 0.305. The third kappa shape index (κ3) is 1.99. The SMILES string of the molecule is CC1CCCCC1C(=N)N(C)C. The predicted octanol–water partition coefficient (Wildman–Crippen LogP) is 2.35. The van der Waals surface area contributed by atoms with E-state index in [1.54, 1.807) is 0 Å². The van der Waals surface area contributed by atoms with E-state index in [-0.39, 0.29) is 0 Å². The van der Waals surface area contributed by atoms with Gasteiger partial charge in [-0.15, -0.1) is 0 Å². The molecule has 1 aliphatic carbocycles. The highest BCUT2D eigenvalue weighted by Crippen LogP contribution is 2.30. The number of amidine groups is 1. The number of hydrogen-bond donors (Lipinski definition) is 1. The van der Waals surface area contributed by atoms with Gasteiger partial charge in [-0.1, -0.05) is 26.2 Å². The Hall–Kier alpha value is -0.530. The summed E-state index contributed by atoms with van der Waals surface area (Å²) in [6.45, 7) is 2.28. The molecule has 0 radical (unpaired) electrons. The first-order chi connectivity index (χ1) is 5.63. The van der Waals surface area contributed by atoms with Crippen LogP contribution >= 0.6 is 0 Å². The van der Waals surface area contributed by atoms with Gasteiger partial charge in [0, 0.05) is 20.0 Å². The predicted molar refractivity (Wildman–Crippen MR) is 52.5 cm³/mol. The lowest BCUT2D eigenvalue weighted by Crippen LogP contribution is -2.34. The van der Waals surface area contributed by atoms with Crippen molar-refractivity contribution in [1.29, 1.82) is 5.41 Å². The van der Waals surface area contributed by atoms with Gasteiger partial charge >= 0.3 is 0 Å². The van der Waals surface area contributed by atoms with E-state index in [0.717, 1.165) is 5.84 Å². The van der Waals surface area contributed by atoms with Gasteiger partial charge in [-0.3, -0.25) is 5.41 Å². The topological polar surface area (TPSA) is 27.1 Å². The highest BCUT2D eigenvalue weighted by atomic mass is 15.1. The van der Waals surface area contributed by atoms with Crippen molar-refractivity contribution >= 4 is 5.84 Å². The van der Waals surface area contributed by atoms with Gasteiger partial charge in [0.2, 0.25) is 0 Å². The van der Waals surface area contributed by atoms with Crippen LogP contribution in [-0.4, -0.2) is 24.8 Å². The molecule has 2 atom stereocenters. The minimum Gasteiger partial charge on any atom is -0.366 e. The maximum atomic E-state index is 7.89. The average molecular weight is 168 g/mol. The van der Waals surface area contributed by atoms with Crippen molar-refractivity contribution in [2.75, 3.05) is 14.1 Å². The molecule has 2 nitrogen and oxygen atoms in total. The van der Waals surface area contributed by atoms with Crippen LogP contribution in [0.5, 0.6) is 0 Å². The van der Waals surface area contributed by atoms with E-state index in [4.69, 9.17) is 5.41 Å². The zero-order valence-corrected chi connectivity index (χ0v) is 8.43. The van der Waals surface area contributed by atoms with E-state index in [0.29, 0.717) is 11.8 Å². The van der Waals surface area contributed by atoms with Gasteiger partial charge in [-0.05, 0) is 12.3 Å². The standard InChI is InChI=1S/C10H20N2/c1-8-6-4-5-7-9(8)10(11)12(2)3/h8-9,11H,4-7H2,1-3H3. The molecular weight excluding hydrogens is 148 g/mol. The van der Waals surface area contributed by atoms with Crippen molar-refractivity contribution < 1.29 is 0 Å². The Labute approximate surface area is 75.5 Å². The Morgan fingerprint density at radius 1 is 1.25 bits per heavy atom. The molecule has 0 aliphatic heterocycles. The van der Waals surface area contributed by atoms with Crippen LogP contribution in [0.1, 0.15) is 32.6 Å². The summed E-state index contributed by atoms with van der Waals surface area (Å²) < 4.78 is 0. The zero-order chi connectivity index (χ0) is 9.14. The van der Waals surface area contributed by atoms with Crippen molar-refractivity contribution in [3.63, 3.8) is 0 Å². The second-order valence-electron chi connectivity index (χ2n) is 4.15. The van der Waals surface area contributed by atoms with Gasteiger partial charge < -0.3 is 4.90 Å². The van der Waals surface area contributed by atoms with Crippen LogP contribution in [-0.2, 0) is 0 Å². The summed E-state index contributed by atoms with van der Waals surface area (Å²) in [5.74, 6) is 2.06. The first-order valence-electron chi connectivity index (χ1n) is 4.88. The molecule has 0 heterocycles. The molecule has 0 saturated heterocycles. The summed E-state index contributed by atoms with van der Waals surface area (Å²) in [6.07, 6.45) is 5.20. The lowest BCUT2D eigenvalue weighted by Gasteiger charge is -2.32. The molecule has 2 unspecified atom stereocenters. The third-order valence-electron chi connectivity index (χ3n) is 2.94. The average Bonchev–Trinajstić information content (AvgIpc) is 2.04. The molecular formula is C10H20N2. The molecule has 1 saturated carbocycles.